The summed E-state index contributed by atoms with van der Waals surface area (Å²) < 4.78 is 10.7. The predicted molar refractivity (Wildman–Crippen MR) is 69.8 cm³/mol. The summed E-state index contributed by atoms with van der Waals surface area (Å²) in [7, 11) is 0. The molecule has 6 nitrogen and oxygen atoms in total. The largest absolute Gasteiger partial charge is 0.469 e. The van der Waals surface area contributed by atoms with Gasteiger partial charge >= 0.3 is 0 Å². The third-order valence-corrected chi connectivity index (χ3v) is 3.30. The highest BCUT2D eigenvalue weighted by atomic mass is 32.2. The molecule has 0 aromatic carbocycles. The molecule has 0 aliphatic heterocycles. The summed E-state index contributed by atoms with van der Waals surface area (Å²) in [6, 6.07) is 8.92. The molecule has 0 aliphatic rings. The fraction of sp³-hybridized carbons (Fsp3) is 0.0769. The van der Waals surface area contributed by atoms with E-state index >= 15 is 0 Å². The Morgan fingerprint density at radius 3 is 2.90 bits per heavy atom. The first-order valence-corrected chi connectivity index (χ1v) is 6.51. The molecule has 7 heteroatoms. The van der Waals surface area contributed by atoms with Crippen molar-refractivity contribution in [1.82, 2.24) is 15.2 Å². The second-order valence-corrected chi connectivity index (χ2v) is 4.81. The molecule has 0 atom stereocenters. The summed E-state index contributed by atoms with van der Waals surface area (Å²) in [5.74, 6) is 1.12. The standard InChI is InChI=1S/C13H8N4O2S/c1-8-10(5-6-18-8)12-16-17-13(19-12)20-11-4-2-3-9(7-14)15-11/h2-6H,1H3. The van der Waals surface area contributed by atoms with Gasteiger partial charge in [-0.3, -0.25) is 0 Å². The van der Waals surface area contributed by atoms with Crippen LogP contribution in [0.25, 0.3) is 11.5 Å². The quantitative estimate of drug-likeness (QED) is 0.730. The summed E-state index contributed by atoms with van der Waals surface area (Å²) in [6.45, 7) is 1.82. The molecule has 0 fully saturated rings. The topological polar surface area (TPSA) is 88.7 Å². The average molecular weight is 284 g/mol. The normalized spacial score (nSPS) is 10.4. The lowest BCUT2D eigenvalue weighted by molar-refractivity contribution is 0.463. The van der Waals surface area contributed by atoms with Gasteiger partial charge in [-0.1, -0.05) is 6.07 Å². The van der Waals surface area contributed by atoms with E-state index in [4.69, 9.17) is 14.1 Å². The second kappa shape index (κ2) is 5.19. The first kappa shape index (κ1) is 12.4. The zero-order valence-corrected chi connectivity index (χ0v) is 11.2. The van der Waals surface area contributed by atoms with Crippen molar-refractivity contribution in [2.24, 2.45) is 0 Å². The smallest absolute Gasteiger partial charge is 0.283 e. The molecule has 0 radical (unpaired) electrons. The van der Waals surface area contributed by atoms with Crippen LogP contribution in [-0.4, -0.2) is 15.2 Å². The number of hydrogen-bond donors (Lipinski definition) is 0. The molecule has 0 amide bonds. The molecule has 0 spiro atoms. The highest BCUT2D eigenvalue weighted by Gasteiger charge is 2.14. The van der Waals surface area contributed by atoms with Gasteiger partial charge in [-0.05, 0) is 36.9 Å². The van der Waals surface area contributed by atoms with Gasteiger partial charge in [0.25, 0.3) is 11.1 Å². The Kier molecular flexibility index (Phi) is 3.23. The maximum absolute atomic E-state index is 8.80. The number of hydrogen-bond acceptors (Lipinski definition) is 7. The number of nitriles is 1. The SMILES string of the molecule is Cc1occc1-c1nnc(Sc2cccc(C#N)n2)o1. The summed E-state index contributed by atoms with van der Waals surface area (Å²) >= 11 is 1.21. The van der Waals surface area contributed by atoms with E-state index in [1.54, 1.807) is 30.5 Å². The number of pyridine rings is 1. The molecule has 3 aromatic heterocycles. The van der Waals surface area contributed by atoms with Gasteiger partial charge in [0, 0.05) is 0 Å². The van der Waals surface area contributed by atoms with Crippen molar-refractivity contribution < 1.29 is 8.83 Å². The molecular weight excluding hydrogens is 276 g/mol. The number of aromatic nitrogens is 3. The fourth-order valence-corrected chi connectivity index (χ4v) is 2.26. The van der Waals surface area contributed by atoms with Crippen molar-refractivity contribution in [2.45, 2.75) is 17.2 Å². The van der Waals surface area contributed by atoms with E-state index in [-0.39, 0.29) is 0 Å². The van der Waals surface area contributed by atoms with E-state index < -0.39 is 0 Å². The average Bonchev–Trinajstić information content (AvgIpc) is 3.08. The molecule has 3 rings (SSSR count). The van der Waals surface area contributed by atoms with Crippen molar-refractivity contribution in [2.75, 3.05) is 0 Å². The molecule has 0 N–H and O–H groups in total. The third kappa shape index (κ3) is 2.41. The lowest BCUT2D eigenvalue weighted by Gasteiger charge is -1.95. The van der Waals surface area contributed by atoms with Gasteiger partial charge in [0.15, 0.2) is 0 Å². The van der Waals surface area contributed by atoms with E-state index in [1.165, 1.54) is 11.8 Å². The monoisotopic (exact) mass is 284 g/mol. The summed E-state index contributed by atoms with van der Waals surface area (Å²) in [6.07, 6.45) is 1.57. The molecule has 0 saturated carbocycles. The van der Waals surface area contributed by atoms with Crippen LogP contribution in [0.3, 0.4) is 0 Å². The Hall–Kier alpha value is -2.59. The van der Waals surface area contributed by atoms with Gasteiger partial charge in [-0.2, -0.15) is 5.26 Å². The van der Waals surface area contributed by atoms with Crippen LogP contribution in [0.4, 0.5) is 0 Å². The van der Waals surface area contributed by atoms with Crippen molar-refractivity contribution in [1.29, 1.82) is 5.26 Å². The van der Waals surface area contributed by atoms with E-state index in [1.807, 2.05) is 13.0 Å². The Morgan fingerprint density at radius 2 is 2.15 bits per heavy atom. The maximum atomic E-state index is 8.80. The van der Waals surface area contributed by atoms with E-state index in [0.29, 0.717) is 21.8 Å². The number of nitrogens with zero attached hydrogens (tertiary/aromatic N) is 4. The molecule has 0 unspecified atom stereocenters. The highest BCUT2D eigenvalue weighted by Crippen LogP contribution is 2.29. The van der Waals surface area contributed by atoms with Crippen molar-refractivity contribution in [3.8, 4) is 17.5 Å². The van der Waals surface area contributed by atoms with Crippen LogP contribution in [0.15, 0.2) is 49.6 Å². The molecule has 0 aliphatic carbocycles. The van der Waals surface area contributed by atoms with Gasteiger partial charge in [0.2, 0.25) is 0 Å². The zero-order chi connectivity index (χ0) is 13.9. The minimum Gasteiger partial charge on any atom is -0.469 e. The molecule has 98 valence electrons. The summed E-state index contributed by atoms with van der Waals surface area (Å²) in [5, 5.41) is 17.7. The first-order valence-electron chi connectivity index (χ1n) is 5.69. The van der Waals surface area contributed by atoms with Crippen LogP contribution in [0, 0.1) is 18.3 Å². The zero-order valence-electron chi connectivity index (χ0n) is 10.4. The highest BCUT2D eigenvalue weighted by molar-refractivity contribution is 7.99. The van der Waals surface area contributed by atoms with Gasteiger partial charge in [-0.15, -0.1) is 10.2 Å². The van der Waals surface area contributed by atoms with Crippen LogP contribution >= 0.6 is 11.8 Å². The van der Waals surface area contributed by atoms with E-state index in [9.17, 15) is 0 Å². The van der Waals surface area contributed by atoms with Crippen LogP contribution in [0.5, 0.6) is 0 Å². The summed E-state index contributed by atoms with van der Waals surface area (Å²) in [5.41, 5.74) is 1.11. The van der Waals surface area contributed by atoms with E-state index in [2.05, 4.69) is 15.2 Å². The molecule has 0 bridgehead atoms. The van der Waals surface area contributed by atoms with Gasteiger partial charge in [0.05, 0.1) is 11.8 Å². The lowest BCUT2D eigenvalue weighted by atomic mass is 10.3. The minimum absolute atomic E-state index is 0.348. The molecule has 3 aromatic rings. The van der Waals surface area contributed by atoms with Crippen molar-refractivity contribution >= 4 is 11.8 Å². The Morgan fingerprint density at radius 1 is 1.25 bits per heavy atom. The maximum Gasteiger partial charge on any atom is 0.283 e. The van der Waals surface area contributed by atoms with Crippen LogP contribution in [0.2, 0.25) is 0 Å². The predicted octanol–water partition coefficient (Wildman–Crippen LogP) is 3.06. The third-order valence-electron chi connectivity index (χ3n) is 2.53. The summed E-state index contributed by atoms with van der Waals surface area (Å²) in [4.78, 5) is 4.13. The van der Waals surface area contributed by atoms with Crippen LogP contribution < -0.4 is 0 Å². The Labute approximate surface area is 118 Å². The molecule has 3 heterocycles. The van der Waals surface area contributed by atoms with Gasteiger partial charge in [-0.25, -0.2) is 4.98 Å². The van der Waals surface area contributed by atoms with Crippen LogP contribution in [0.1, 0.15) is 11.5 Å². The fourth-order valence-electron chi connectivity index (χ4n) is 1.59. The second-order valence-electron chi connectivity index (χ2n) is 3.84. The van der Waals surface area contributed by atoms with Gasteiger partial charge < -0.3 is 8.83 Å². The van der Waals surface area contributed by atoms with Gasteiger partial charge in [0.1, 0.15) is 22.5 Å². The minimum atomic E-state index is 0.348. The number of rotatable bonds is 3. The van der Waals surface area contributed by atoms with Crippen molar-refractivity contribution in [3.05, 3.63) is 42.0 Å². The lowest BCUT2D eigenvalue weighted by Crippen LogP contribution is -1.84. The Balaban J connectivity index is 1.84. The van der Waals surface area contributed by atoms with E-state index in [0.717, 1.165) is 11.3 Å². The Bertz CT molecular complexity index is 788. The molecule has 0 saturated heterocycles. The van der Waals surface area contributed by atoms with Crippen molar-refractivity contribution in [3.63, 3.8) is 0 Å². The first-order chi connectivity index (χ1) is 9.76. The van der Waals surface area contributed by atoms with Crippen LogP contribution in [-0.2, 0) is 0 Å². The molecule has 20 heavy (non-hydrogen) atoms. The number of furan rings is 1. The molecular formula is C13H8N4O2S. The number of aryl methyl sites for hydroxylation is 1.